The minimum Gasteiger partial charge on any atom is -0.462 e. The molecule has 0 aliphatic heterocycles. The van der Waals surface area contributed by atoms with Crippen LogP contribution in [-0.4, -0.2) is 24.5 Å². The predicted molar refractivity (Wildman–Crippen MR) is 110 cm³/mol. The van der Waals surface area contributed by atoms with Crippen LogP contribution in [0.15, 0.2) is 52.5 Å². The zero-order valence-electron chi connectivity index (χ0n) is 15.7. The molecular weight excluding hydrogens is 440 g/mol. The number of nitrogens with one attached hydrogen (secondary N) is 1. The van der Waals surface area contributed by atoms with Gasteiger partial charge in [0, 0.05) is 12.6 Å². The van der Waals surface area contributed by atoms with Gasteiger partial charge in [0.05, 0.1) is 16.6 Å². The van der Waals surface area contributed by atoms with E-state index in [0.717, 1.165) is 0 Å². The van der Waals surface area contributed by atoms with Gasteiger partial charge in [-0.2, -0.15) is 5.26 Å². The number of carbonyl (C=O) groups excluding carboxylic acids is 3. The van der Waals surface area contributed by atoms with E-state index in [-0.39, 0.29) is 12.2 Å². The third kappa shape index (κ3) is 6.30. The average Bonchev–Trinajstić information content (AvgIpc) is 2.68. The molecule has 29 heavy (non-hydrogen) atoms. The summed E-state index contributed by atoms with van der Waals surface area (Å²) in [7, 11) is 0. The van der Waals surface area contributed by atoms with Crippen LogP contribution < -0.4 is 10.1 Å². The molecule has 2 rings (SSSR count). The Morgan fingerprint density at radius 3 is 2.41 bits per heavy atom. The maximum Gasteiger partial charge on any atom is 0.338 e. The van der Waals surface area contributed by atoms with E-state index >= 15 is 0 Å². The smallest absolute Gasteiger partial charge is 0.338 e. The summed E-state index contributed by atoms with van der Waals surface area (Å²) < 4.78 is 10.4. The highest BCUT2D eigenvalue weighted by molar-refractivity contribution is 9.10. The van der Waals surface area contributed by atoms with Gasteiger partial charge in [0.1, 0.15) is 17.4 Å². The van der Waals surface area contributed by atoms with Gasteiger partial charge >= 0.3 is 11.9 Å². The van der Waals surface area contributed by atoms with Gasteiger partial charge in [-0.15, -0.1) is 0 Å². The Morgan fingerprint density at radius 1 is 1.17 bits per heavy atom. The lowest BCUT2D eigenvalue weighted by molar-refractivity contribution is -0.131. The van der Waals surface area contributed by atoms with Crippen molar-refractivity contribution >= 4 is 45.5 Å². The number of hydrogen-bond donors (Lipinski definition) is 1. The molecule has 148 valence electrons. The SMILES string of the molecule is CCOC(=O)c1ccc(NC(=O)/C(C#N)=C/c2ccc(OC(C)=O)c(Br)c2)cc1. The van der Waals surface area contributed by atoms with Gasteiger partial charge in [-0.25, -0.2) is 4.79 Å². The van der Waals surface area contributed by atoms with Crippen LogP contribution in [-0.2, 0) is 14.3 Å². The van der Waals surface area contributed by atoms with E-state index in [2.05, 4.69) is 21.2 Å². The number of amides is 1. The Balaban J connectivity index is 2.14. The first-order valence-electron chi connectivity index (χ1n) is 8.52. The second-order valence-electron chi connectivity index (χ2n) is 5.71. The van der Waals surface area contributed by atoms with Gasteiger partial charge in [0.15, 0.2) is 0 Å². The van der Waals surface area contributed by atoms with Crippen LogP contribution in [0, 0.1) is 11.3 Å². The number of carbonyl (C=O) groups is 3. The molecule has 0 fully saturated rings. The van der Waals surface area contributed by atoms with Gasteiger partial charge in [0.2, 0.25) is 0 Å². The summed E-state index contributed by atoms with van der Waals surface area (Å²) in [4.78, 5) is 35.1. The maximum absolute atomic E-state index is 12.4. The normalized spacial score (nSPS) is 10.6. The number of nitriles is 1. The molecule has 0 unspecified atom stereocenters. The van der Waals surface area contributed by atoms with Crippen molar-refractivity contribution in [1.82, 2.24) is 0 Å². The van der Waals surface area contributed by atoms with Crippen molar-refractivity contribution < 1.29 is 23.9 Å². The molecule has 7 nitrogen and oxygen atoms in total. The number of rotatable bonds is 6. The van der Waals surface area contributed by atoms with E-state index in [1.54, 1.807) is 37.3 Å². The fourth-order valence-corrected chi connectivity index (χ4v) is 2.74. The van der Waals surface area contributed by atoms with Gasteiger partial charge in [-0.1, -0.05) is 6.07 Å². The van der Waals surface area contributed by atoms with E-state index in [0.29, 0.717) is 27.0 Å². The Morgan fingerprint density at radius 2 is 1.86 bits per heavy atom. The van der Waals surface area contributed by atoms with Crippen molar-refractivity contribution in [2.45, 2.75) is 13.8 Å². The lowest BCUT2D eigenvalue weighted by Gasteiger charge is -2.07. The number of halogens is 1. The predicted octanol–water partition coefficient (Wildman–Crippen LogP) is 4.10. The van der Waals surface area contributed by atoms with Crippen LogP contribution in [0.4, 0.5) is 5.69 Å². The third-order valence-electron chi connectivity index (χ3n) is 3.54. The number of anilines is 1. The molecule has 0 aromatic heterocycles. The molecule has 0 atom stereocenters. The highest BCUT2D eigenvalue weighted by Crippen LogP contribution is 2.27. The molecule has 0 saturated heterocycles. The summed E-state index contributed by atoms with van der Waals surface area (Å²) in [5.41, 5.74) is 1.23. The van der Waals surface area contributed by atoms with E-state index in [1.807, 2.05) is 6.07 Å². The van der Waals surface area contributed by atoms with Crippen molar-refractivity contribution in [3.05, 3.63) is 63.6 Å². The summed E-state index contributed by atoms with van der Waals surface area (Å²) in [5.74, 6) is -1.18. The quantitative estimate of drug-likeness (QED) is 0.303. The standard InChI is InChI=1S/C21H17BrN2O5/c1-3-28-21(27)15-5-7-17(8-6-15)24-20(26)16(12-23)10-14-4-9-19(18(22)11-14)29-13(2)25/h4-11H,3H2,1-2H3,(H,24,26)/b16-10+. The van der Waals surface area contributed by atoms with Crippen molar-refractivity contribution in [2.24, 2.45) is 0 Å². The van der Waals surface area contributed by atoms with Crippen molar-refractivity contribution in [3.8, 4) is 11.8 Å². The Kier molecular flexibility index (Phi) is 7.69. The van der Waals surface area contributed by atoms with Gasteiger partial charge < -0.3 is 14.8 Å². The number of nitrogens with zero attached hydrogens (tertiary/aromatic N) is 1. The molecule has 0 radical (unpaired) electrons. The van der Waals surface area contributed by atoms with E-state index < -0.39 is 17.8 Å². The van der Waals surface area contributed by atoms with Crippen molar-refractivity contribution in [3.63, 3.8) is 0 Å². The minimum atomic E-state index is -0.600. The molecule has 0 heterocycles. The molecule has 8 heteroatoms. The summed E-state index contributed by atoms with van der Waals surface area (Å²) in [6, 6.07) is 12.8. The molecule has 0 spiro atoms. The zero-order valence-corrected chi connectivity index (χ0v) is 17.3. The molecule has 0 aliphatic rings. The van der Waals surface area contributed by atoms with Gasteiger partial charge in [-0.05, 0) is 70.9 Å². The van der Waals surface area contributed by atoms with Crippen LogP contribution >= 0.6 is 15.9 Å². The Bertz CT molecular complexity index is 1010. The largest absolute Gasteiger partial charge is 0.462 e. The minimum absolute atomic E-state index is 0.119. The summed E-state index contributed by atoms with van der Waals surface area (Å²) in [5, 5.41) is 11.9. The van der Waals surface area contributed by atoms with Crippen LogP contribution in [0.3, 0.4) is 0 Å². The topological polar surface area (TPSA) is 105 Å². The second kappa shape index (κ2) is 10.2. The van der Waals surface area contributed by atoms with Crippen LogP contribution in [0.2, 0.25) is 0 Å². The Labute approximate surface area is 176 Å². The zero-order chi connectivity index (χ0) is 21.4. The molecular formula is C21H17BrN2O5. The Hall–Kier alpha value is -3.44. The van der Waals surface area contributed by atoms with Crippen molar-refractivity contribution in [2.75, 3.05) is 11.9 Å². The van der Waals surface area contributed by atoms with Crippen molar-refractivity contribution in [1.29, 1.82) is 5.26 Å². The number of esters is 2. The molecule has 1 N–H and O–H groups in total. The van der Waals surface area contributed by atoms with E-state index in [9.17, 15) is 19.6 Å². The van der Waals surface area contributed by atoms with Crippen LogP contribution in [0.25, 0.3) is 6.08 Å². The molecule has 0 bridgehead atoms. The van der Waals surface area contributed by atoms with Crippen LogP contribution in [0.5, 0.6) is 5.75 Å². The number of hydrogen-bond acceptors (Lipinski definition) is 6. The van der Waals surface area contributed by atoms with E-state index in [4.69, 9.17) is 9.47 Å². The fraction of sp³-hybridized carbons (Fsp3) is 0.143. The molecule has 2 aromatic rings. The highest BCUT2D eigenvalue weighted by atomic mass is 79.9. The molecule has 1 amide bonds. The summed E-state index contributed by atoms with van der Waals surface area (Å²) in [6.07, 6.45) is 1.41. The fourth-order valence-electron chi connectivity index (χ4n) is 2.26. The number of benzene rings is 2. The third-order valence-corrected chi connectivity index (χ3v) is 4.16. The van der Waals surface area contributed by atoms with E-state index in [1.165, 1.54) is 25.1 Å². The first-order valence-corrected chi connectivity index (χ1v) is 9.31. The monoisotopic (exact) mass is 456 g/mol. The lowest BCUT2D eigenvalue weighted by Crippen LogP contribution is -2.13. The first kappa shape index (κ1) is 21.9. The second-order valence-corrected chi connectivity index (χ2v) is 6.56. The lowest BCUT2D eigenvalue weighted by atomic mass is 10.1. The average molecular weight is 457 g/mol. The van der Waals surface area contributed by atoms with Gasteiger partial charge in [-0.3, -0.25) is 9.59 Å². The summed E-state index contributed by atoms with van der Waals surface area (Å²) >= 11 is 3.28. The van der Waals surface area contributed by atoms with Gasteiger partial charge in [0.25, 0.3) is 5.91 Å². The highest BCUT2D eigenvalue weighted by Gasteiger charge is 2.12. The first-order chi connectivity index (χ1) is 13.8. The summed E-state index contributed by atoms with van der Waals surface area (Å²) in [6.45, 7) is 3.27. The molecule has 0 aliphatic carbocycles. The number of ether oxygens (including phenoxy) is 2. The van der Waals surface area contributed by atoms with Crippen LogP contribution in [0.1, 0.15) is 29.8 Å². The maximum atomic E-state index is 12.4. The molecule has 2 aromatic carbocycles. The molecule has 0 saturated carbocycles.